The summed E-state index contributed by atoms with van der Waals surface area (Å²) in [6.07, 6.45) is 0.460. The van der Waals surface area contributed by atoms with Crippen LogP contribution in [0.15, 0.2) is 24.3 Å². The summed E-state index contributed by atoms with van der Waals surface area (Å²) in [5, 5.41) is 1.41. The van der Waals surface area contributed by atoms with Crippen molar-refractivity contribution in [2.24, 2.45) is 0 Å². The molecular weight excluding hydrogens is 388 g/mol. The topological polar surface area (TPSA) is 88.1 Å². The molecule has 1 saturated heterocycles. The van der Waals surface area contributed by atoms with Crippen LogP contribution in [-0.2, 0) is 25.5 Å². The van der Waals surface area contributed by atoms with Gasteiger partial charge in [-0.1, -0.05) is 24.3 Å². The van der Waals surface area contributed by atoms with E-state index in [2.05, 4.69) is 0 Å². The number of carbonyl (C=O) groups is 3. The van der Waals surface area contributed by atoms with Crippen molar-refractivity contribution in [2.45, 2.75) is 38.9 Å². The number of ketones is 3. The molecule has 7 nitrogen and oxygen atoms in total. The van der Waals surface area contributed by atoms with E-state index in [1.807, 2.05) is 18.2 Å². The molecule has 2 aromatic carbocycles. The molecule has 0 radical (unpaired) electrons. The molecule has 0 spiro atoms. The first kappa shape index (κ1) is 21.9. The van der Waals surface area contributed by atoms with Gasteiger partial charge in [0.1, 0.15) is 17.3 Å². The standard InChI is InChI=1S/C23H26O7/c1-14(24)20(26)19-18(10-9-15(25)13-23(2)29-11-12-30-23)21(27-3)16-7-5-6-8-17(16)22(19)28-4/h5-8H,9-13H2,1-4H3. The van der Waals surface area contributed by atoms with Gasteiger partial charge < -0.3 is 18.9 Å². The van der Waals surface area contributed by atoms with Gasteiger partial charge in [-0.3, -0.25) is 14.4 Å². The van der Waals surface area contributed by atoms with Crippen LogP contribution in [0.1, 0.15) is 42.6 Å². The van der Waals surface area contributed by atoms with Crippen molar-refractivity contribution in [3.63, 3.8) is 0 Å². The minimum Gasteiger partial charge on any atom is -0.496 e. The quantitative estimate of drug-likeness (QED) is 0.460. The highest BCUT2D eigenvalue weighted by Gasteiger charge is 2.34. The molecule has 1 aliphatic rings. The van der Waals surface area contributed by atoms with Crippen LogP contribution in [0, 0.1) is 0 Å². The molecule has 0 aromatic heterocycles. The average Bonchev–Trinajstić information content (AvgIpc) is 3.15. The molecule has 0 atom stereocenters. The fourth-order valence-corrected chi connectivity index (χ4v) is 3.90. The van der Waals surface area contributed by atoms with Gasteiger partial charge in [-0.2, -0.15) is 0 Å². The smallest absolute Gasteiger partial charge is 0.232 e. The fourth-order valence-electron chi connectivity index (χ4n) is 3.90. The number of rotatable bonds is 9. The summed E-state index contributed by atoms with van der Waals surface area (Å²) in [7, 11) is 2.96. The molecule has 1 heterocycles. The molecular formula is C23H26O7. The normalized spacial score (nSPS) is 15.2. The molecule has 160 valence electrons. The number of carbonyl (C=O) groups excluding carboxylic acids is 3. The number of methoxy groups -OCH3 is 2. The van der Waals surface area contributed by atoms with Crippen molar-refractivity contribution in [3.05, 3.63) is 35.4 Å². The number of ether oxygens (including phenoxy) is 4. The number of benzene rings is 2. The van der Waals surface area contributed by atoms with Gasteiger partial charge in [-0.15, -0.1) is 0 Å². The Balaban J connectivity index is 2.04. The molecule has 0 saturated carbocycles. The Labute approximate surface area is 175 Å². The van der Waals surface area contributed by atoms with Crippen LogP contribution in [0.2, 0.25) is 0 Å². The molecule has 0 bridgehead atoms. The van der Waals surface area contributed by atoms with Gasteiger partial charge in [0.2, 0.25) is 5.78 Å². The summed E-state index contributed by atoms with van der Waals surface area (Å²) in [4.78, 5) is 37.4. The lowest BCUT2D eigenvalue weighted by molar-refractivity contribution is -0.158. The second-order valence-corrected chi connectivity index (χ2v) is 7.40. The van der Waals surface area contributed by atoms with Crippen LogP contribution in [0.5, 0.6) is 11.5 Å². The van der Waals surface area contributed by atoms with Crippen LogP contribution in [-0.4, -0.2) is 50.6 Å². The maximum Gasteiger partial charge on any atom is 0.232 e. The van der Waals surface area contributed by atoms with E-state index in [4.69, 9.17) is 18.9 Å². The number of hydrogen-bond acceptors (Lipinski definition) is 7. The monoisotopic (exact) mass is 414 g/mol. The Morgan fingerprint density at radius 1 is 1.00 bits per heavy atom. The summed E-state index contributed by atoms with van der Waals surface area (Å²) in [6.45, 7) is 3.86. The Morgan fingerprint density at radius 2 is 1.57 bits per heavy atom. The summed E-state index contributed by atoms with van der Waals surface area (Å²) in [5.41, 5.74) is 0.632. The molecule has 0 amide bonds. The summed E-state index contributed by atoms with van der Waals surface area (Å²) in [6, 6.07) is 7.32. The zero-order chi connectivity index (χ0) is 21.9. The molecule has 1 aliphatic heterocycles. The Morgan fingerprint density at radius 3 is 2.10 bits per heavy atom. The van der Waals surface area contributed by atoms with Gasteiger partial charge in [-0.05, 0) is 13.3 Å². The second-order valence-electron chi connectivity index (χ2n) is 7.40. The van der Waals surface area contributed by atoms with E-state index in [9.17, 15) is 14.4 Å². The van der Waals surface area contributed by atoms with Gasteiger partial charge in [0, 0.05) is 29.7 Å². The predicted octanol–water partition coefficient (Wildman–Crippen LogP) is 3.28. The first-order valence-corrected chi connectivity index (χ1v) is 9.81. The minimum atomic E-state index is -0.916. The van der Waals surface area contributed by atoms with E-state index < -0.39 is 17.4 Å². The molecule has 2 aromatic rings. The first-order valence-electron chi connectivity index (χ1n) is 9.81. The van der Waals surface area contributed by atoms with Gasteiger partial charge in [0.15, 0.2) is 11.6 Å². The Kier molecular flexibility index (Phi) is 6.53. The molecule has 0 unspecified atom stereocenters. The van der Waals surface area contributed by atoms with Crippen LogP contribution in [0.4, 0.5) is 0 Å². The lowest BCUT2D eigenvalue weighted by atomic mass is 9.90. The van der Waals surface area contributed by atoms with Crippen molar-refractivity contribution in [2.75, 3.05) is 27.4 Å². The summed E-state index contributed by atoms with van der Waals surface area (Å²) < 4.78 is 22.2. The molecule has 3 rings (SSSR count). The zero-order valence-electron chi connectivity index (χ0n) is 17.7. The zero-order valence-corrected chi connectivity index (χ0v) is 17.7. The highest BCUT2D eigenvalue weighted by molar-refractivity contribution is 6.44. The van der Waals surface area contributed by atoms with Gasteiger partial charge in [-0.25, -0.2) is 0 Å². The van der Waals surface area contributed by atoms with Gasteiger partial charge >= 0.3 is 0 Å². The summed E-state index contributed by atoms with van der Waals surface area (Å²) >= 11 is 0. The maximum atomic E-state index is 12.8. The Hall–Kier alpha value is -2.77. The second kappa shape index (κ2) is 8.93. The highest BCUT2D eigenvalue weighted by Crippen LogP contribution is 2.42. The van der Waals surface area contributed by atoms with E-state index in [1.54, 1.807) is 13.0 Å². The summed E-state index contributed by atoms with van der Waals surface area (Å²) in [5.74, 6) is -1.51. The lowest BCUT2D eigenvalue weighted by Crippen LogP contribution is -2.29. The third kappa shape index (κ3) is 4.22. The number of fused-ring (bicyclic) bond motifs is 1. The van der Waals surface area contributed by atoms with E-state index in [1.165, 1.54) is 21.1 Å². The predicted molar refractivity (Wildman–Crippen MR) is 110 cm³/mol. The minimum absolute atomic E-state index is 0.0743. The number of Topliss-reactive ketones (excluding diaryl/α,β-unsaturated/α-hetero) is 3. The third-order valence-electron chi connectivity index (χ3n) is 5.24. The van der Waals surface area contributed by atoms with Crippen LogP contribution < -0.4 is 9.47 Å². The average molecular weight is 414 g/mol. The van der Waals surface area contributed by atoms with E-state index in [0.29, 0.717) is 35.7 Å². The van der Waals surface area contributed by atoms with Crippen molar-refractivity contribution < 1.29 is 33.3 Å². The van der Waals surface area contributed by atoms with E-state index in [-0.39, 0.29) is 30.6 Å². The number of hydrogen-bond donors (Lipinski definition) is 0. The van der Waals surface area contributed by atoms with Crippen molar-refractivity contribution in [1.29, 1.82) is 0 Å². The largest absolute Gasteiger partial charge is 0.496 e. The third-order valence-corrected chi connectivity index (χ3v) is 5.24. The fraction of sp³-hybridized carbons (Fsp3) is 0.435. The maximum absolute atomic E-state index is 12.8. The SMILES string of the molecule is COc1c(CCC(=O)CC2(C)OCCO2)c(C(=O)C(C)=O)c(OC)c2ccccc12. The lowest BCUT2D eigenvalue weighted by Gasteiger charge is -2.22. The van der Waals surface area contributed by atoms with Gasteiger partial charge in [0.25, 0.3) is 0 Å². The first-order chi connectivity index (χ1) is 14.3. The molecule has 7 heteroatoms. The molecule has 1 fully saturated rings. The molecule has 0 N–H and O–H groups in total. The molecule has 0 aliphatic carbocycles. The van der Waals surface area contributed by atoms with Crippen molar-refractivity contribution in [3.8, 4) is 11.5 Å². The van der Waals surface area contributed by atoms with E-state index in [0.717, 1.165) is 5.39 Å². The Bertz CT molecular complexity index is 987. The van der Waals surface area contributed by atoms with Crippen LogP contribution in [0.25, 0.3) is 10.8 Å². The van der Waals surface area contributed by atoms with Crippen LogP contribution >= 0.6 is 0 Å². The highest BCUT2D eigenvalue weighted by atomic mass is 16.7. The van der Waals surface area contributed by atoms with Crippen molar-refractivity contribution >= 4 is 28.1 Å². The van der Waals surface area contributed by atoms with Crippen molar-refractivity contribution in [1.82, 2.24) is 0 Å². The van der Waals surface area contributed by atoms with Gasteiger partial charge in [0.05, 0.1) is 39.4 Å². The van der Waals surface area contributed by atoms with E-state index >= 15 is 0 Å². The van der Waals surface area contributed by atoms with Crippen LogP contribution in [0.3, 0.4) is 0 Å². The molecule has 30 heavy (non-hydrogen) atoms.